The monoisotopic (exact) mass is 312 g/mol. The molecule has 1 aliphatic heterocycles. The first-order valence-corrected chi connectivity index (χ1v) is 8.70. The molecule has 5 heteroatoms. The first-order valence-electron chi connectivity index (χ1n) is 8.70. The van der Waals surface area contributed by atoms with Gasteiger partial charge in [-0.1, -0.05) is 6.42 Å². The molecule has 0 aromatic carbocycles. The first-order chi connectivity index (χ1) is 11.3. The summed E-state index contributed by atoms with van der Waals surface area (Å²) in [5.74, 6) is 2.08. The van der Waals surface area contributed by atoms with Crippen molar-refractivity contribution in [1.29, 1.82) is 0 Å². The second kappa shape index (κ2) is 5.87. The van der Waals surface area contributed by atoms with Crippen LogP contribution < -0.4 is 5.32 Å². The Labute approximate surface area is 136 Å². The van der Waals surface area contributed by atoms with Gasteiger partial charge in [0.2, 0.25) is 5.91 Å². The summed E-state index contributed by atoms with van der Waals surface area (Å²) in [4.78, 5) is 19.2. The highest BCUT2D eigenvalue weighted by molar-refractivity contribution is 5.79. The molecule has 1 saturated heterocycles. The van der Waals surface area contributed by atoms with Crippen molar-refractivity contribution in [1.82, 2.24) is 14.3 Å². The van der Waals surface area contributed by atoms with E-state index in [9.17, 15) is 4.79 Å². The van der Waals surface area contributed by atoms with Crippen molar-refractivity contribution in [2.75, 3.05) is 25.5 Å². The number of carbonyl (C=O) groups excluding carboxylic acids is 1. The maximum atomic E-state index is 12.4. The second-order valence-electron chi connectivity index (χ2n) is 6.79. The number of rotatable bonds is 3. The minimum Gasteiger partial charge on any atom is -0.371 e. The molecule has 1 N–H and O–H groups in total. The number of anilines is 1. The van der Waals surface area contributed by atoms with Crippen LogP contribution in [-0.4, -0.2) is 40.3 Å². The quantitative estimate of drug-likeness (QED) is 0.948. The summed E-state index contributed by atoms with van der Waals surface area (Å²) < 4.78 is 2.14. The molecule has 2 aromatic rings. The molecule has 0 bridgehead atoms. The maximum absolute atomic E-state index is 12.4. The van der Waals surface area contributed by atoms with Gasteiger partial charge in [-0.2, -0.15) is 0 Å². The van der Waals surface area contributed by atoms with E-state index < -0.39 is 0 Å². The van der Waals surface area contributed by atoms with Crippen LogP contribution in [0.4, 0.5) is 5.82 Å². The van der Waals surface area contributed by atoms with Crippen molar-refractivity contribution in [3.8, 4) is 0 Å². The van der Waals surface area contributed by atoms with Crippen LogP contribution in [0.3, 0.4) is 0 Å². The van der Waals surface area contributed by atoms with Crippen molar-refractivity contribution in [3.05, 3.63) is 30.2 Å². The van der Waals surface area contributed by atoms with E-state index in [1.54, 1.807) is 0 Å². The Bertz CT molecular complexity index is 711. The zero-order valence-electron chi connectivity index (χ0n) is 13.7. The Morgan fingerprint density at radius 1 is 1.26 bits per heavy atom. The van der Waals surface area contributed by atoms with Gasteiger partial charge >= 0.3 is 0 Å². The standard InChI is InChI=1S/C18H24N4O/c1-19-17-16-6-3-9-22(16)12-15(20-17)13-7-10-21(11-8-13)18(23)14-4-2-5-14/h3,6,9,12-14H,2,4-5,7-8,10-11H2,1H3,(H,19,20). The van der Waals surface area contributed by atoms with E-state index in [-0.39, 0.29) is 0 Å². The molecule has 4 rings (SSSR count). The number of fused-ring (bicyclic) bond motifs is 1. The predicted octanol–water partition coefficient (Wildman–Crippen LogP) is 2.88. The number of nitrogens with zero attached hydrogens (tertiary/aromatic N) is 3. The molecule has 0 spiro atoms. The van der Waals surface area contributed by atoms with E-state index in [0.29, 0.717) is 17.7 Å². The van der Waals surface area contributed by atoms with E-state index in [4.69, 9.17) is 4.98 Å². The number of aromatic nitrogens is 2. The predicted molar refractivity (Wildman–Crippen MR) is 90.6 cm³/mol. The van der Waals surface area contributed by atoms with Gasteiger partial charge in [0.15, 0.2) is 0 Å². The van der Waals surface area contributed by atoms with Crippen LogP contribution in [0.5, 0.6) is 0 Å². The molecule has 0 radical (unpaired) electrons. The van der Waals surface area contributed by atoms with Gasteiger partial charge in [0, 0.05) is 44.4 Å². The first kappa shape index (κ1) is 14.5. The largest absolute Gasteiger partial charge is 0.371 e. The van der Waals surface area contributed by atoms with E-state index >= 15 is 0 Å². The van der Waals surface area contributed by atoms with Crippen LogP contribution in [0, 0.1) is 5.92 Å². The Hall–Kier alpha value is -2.04. The highest BCUT2D eigenvalue weighted by Gasteiger charge is 2.32. The fourth-order valence-electron chi connectivity index (χ4n) is 3.75. The van der Waals surface area contributed by atoms with E-state index in [0.717, 1.165) is 55.8 Å². The van der Waals surface area contributed by atoms with E-state index in [1.807, 2.05) is 13.1 Å². The Morgan fingerprint density at radius 3 is 2.70 bits per heavy atom. The van der Waals surface area contributed by atoms with Crippen molar-refractivity contribution < 1.29 is 4.79 Å². The van der Waals surface area contributed by atoms with Crippen molar-refractivity contribution in [3.63, 3.8) is 0 Å². The fourth-order valence-corrected chi connectivity index (χ4v) is 3.75. The lowest BCUT2D eigenvalue weighted by Crippen LogP contribution is -2.43. The molecule has 5 nitrogen and oxygen atoms in total. The van der Waals surface area contributed by atoms with Gasteiger partial charge < -0.3 is 14.6 Å². The van der Waals surface area contributed by atoms with Crippen LogP contribution >= 0.6 is 0 Å². The zero-order chi connectivity index (χ0) is 15.8. The normalized spacial score (nSPS) is 19.8. The second-order valence-corrected chi connectivity index (χ2v) is 6.79. The molecular weight excluding hydrogens is 288 g/mol. The lowest BCUT2D eigenvalue weighted by atomic mass is 9.83. The van der Waals surface area contributed by atoms with Crippen molar-refractivity contribution in [2.24, 2.45) is 5.92 Å². The van der Waals surface area contributed by atoms with Gasteiger partial charge in [-0.3, -0.25) is 4.79 Å². The van der Waals surface area contributed by atoms with Gasteiger partial charge in [-0.05, 0) is 37.8 Å². The van der Waals surface area contributed by atoms with Crippen LogP contribution in [0.2, 0.25) is 0 Å². The van der Waals surface area contributed by atoms with Gasteiger partial charge in [0.05, 0.1) is 11.2 Å². The summed E-state index contributed by atoms with van der Waals surface area (Å²) in [6.45, 7) is 1.75. The molecule has 1 aliphatic carbocycles. The summed E-state index contributed by atoms with van der Waals surface area (Å²) in [5.41, 5.74) is 2.24. The molecule has 1 saturated carbocycles. The summed E-state index contributed by atoms with van der Waals surface area (Å²) in [6, 6.07) is 4.12. The van der Waals surface area contributed by atoms with Crippen molar-refractivity contribution >= 4 is 17.2 Å². The molecule has 1 amide bonds. The molecule has 2 fully saturated rings. The average molecular weight is 312 g/mol. The lowest BCUT2D eigenvalue weighted by Gasteiger charge is -2.36. The molecule has 122 valence electrons. The van der Waals surface area contributed by atoms with Crippen LogP contribution in [-0.2, 0) is 4.79 Å². The molecule has 0 unspecified atom stereocenters. The summed E-state index contributed by atoms with van der Waals surface area (Å²) >= 11 is 0. The van der Waals surface area contributed by atoms with Crippen molar-refractivity contribution in [2.45, 2.75) is 38.0 Å². The third-order valence-electron chi connectivity index (χ3n) is 5.45. The SMILES string of the molecule is CNc1nc(C2CCN(C(=O)C3CCC3)CC2)cn2cccc12. The smallest absolute Gasteiger partial charge is 0.225 e. The Morgan fingerprint density at radius 2 is 2.04 bits per heavy atom. The Kier molecular flexibility index (Phi) is 3.71. The van der Waals surface area contributed by atoms with Crippen LogP contribution in [0.15, 0.2) is 24.5 Å². The number of hydrogen-bond acceptors (Lipinski definition) is 3. The summed E-state index contributed by atoms with van der Waals surface area (Å²) in [5, 5.41) is 3.20. The average Bonchev–Trinajstić information content (AvgIpc) is 3.01. The highest BCUT2D eigenvalue weighted by atomic mass is 16.2. The van der Waals surface area contributed by atoms with Gasteiger partial charge in [-0.15, -0.1) is 0 Å². The van der Waals surface area contributed by atoms with Gasteiger partial charge in [-0.25, -0.2) is 4.98 Å². The zero-order valence-corrected chi connectivity index (χ0v) is 13.7. The summed E-state index contributed by atoms with van der Waals surface area (Å²) in [7, 11) is 1.92. The minimum atomic E-state index is 0.316. The van der Waals surface area contributed by atoms with Crippen LogP contribution in [0.25, 0.3) is 5.52 Å². The third-order valence-corrected chi connectivity index (χ3v) is 5.45. The Balaban J connectivity index is 1.48. The molecule has 0 atom stereocenters. The number of likely N-dealkylation sites (tertiary alicyclic amines) is 1. The van der Waals surface area contributed by atoms with Crippen LogP contribution in [0.1, 0.15) is 43.7 Å². The highest BCUT2D eigenvalue weighted by Crippen LogP contribution is 2.32. The number of piperidine rings is 1. The minimum absolute atomic E-state index is 0.316. The number of carbonyl (C=O) groups is 1. The third kappa shape index (κ3) is 2.58. The molecule has 3 heterocycles. The fraction of sp³-hybridized carbons (Fsp3) is 0.556. The maximum Gasteiger partial charge on any atom is 0.225 e. The number of hydrogen-bond donors (Lipinski definition) is 1. The molecule has 2 aromatic heterocycles. The molecule has 23 heavy (non-hydrogen) atoms. The number of nitrogens with one attached hydrogen (secondary N) is 1. The van der Waals surface area contributed by atoms with Gasteiger partial charge in [0.25, 0.3) is 0 Å². The molecular formula is C18H24N4O. The lowest BCUT2D eigenvalue weighted by molar-refractivity contribution is -0.139. The molecule has 2 aliphatic rings. The number of amides is 1. The van der Waals surface area contributed by atoms with E-state index in [1.165, 1.54) is 6.42 Å². The summed E-state index contributed by atoms with van der Waals surface area (Å²) in [6.07, 6.45) is 9.65. The van der Waals surface area contributed by atoms with Gasteiger partial charge in [0.1, 0.15) is 5.82 Å². The topological polar surface area (TPSA) is 49.6 Å². The van der Waals surface area contributed by atoms with E-state index in [2.05, 4.69) is 33.1 Å².